The van der Waals surface area contributed by atoms with E-state index in [9.17, 15) is 0 Å². The first-order valence-electron chi connectivity index (χ1n) is 6.07. The Balaban J connectivity index is 1.79. The number of rotatable bonds is 4. The first-order chi connectivity index (χ1) is 9.34. The van der Waals surface area contributed by atoms with Crippen molar-refractivity contribution in [3.8, 4) is 0 Å². The Morgan fingerprint density at radius 1 is 1.11 bits per heavy atom. The van der Waals surface area contributed by atoms with Crippen LogP contribution in [-0.2, 0) is 18.0 Å². The lowest BCUT2D eigenvalue weighted by Crippen LogP contribution is -1.97. The van der Waals surface area contributed by atoms with E-state index in [-0.39, 0.29) is 0 Å². The zero-order chi connectivity index (χ0) is 13.1. The van der Waals surface area contributed by atoms with Crippen LogP contribution in [0.15, 0.2) is 48.0 Å². The summed E-state index contributed by atoms with van der Waals surface area (Å²) in [5.74, 6) is 0. The predicted molar refractivity (Wildman–Crippen MR) is 79.0 cm³/mol. The second-order valence-corrected chi connectivity index (χ2v) is 5.32. The van der Waals surface area contributed by atoms with Gasteiger partial charge in [-0.25, -0.2) is 0 Å². The standard InChI is InChI=1S/C15H14N2OS/c16-14-6-5-11(15-13(14)4-1-7-17-15)9-18-10-12-3-2-8-19-12/h1-8H,9-10,16H2. The third-order valence-electron chi connectivity index (χ3n) is 2.97. The first kappa shape index (κ1) is 12.1. The van der Waals surface area contributed by atoms with Crippen LogP contribution >= 0.6 is 11.3 Å². The number of nitrogens with two attached hydrogens (primary N) is 1. The summed E-state index contributed by atoms with van der Waals surface area (Å²) in [5.41, 5.74) is 8.70. The summed E-state index contributed by atoms with van der Waals surface area (Å²) in [5, 5.41) is 3.04. The van der Waals surface area contributed by atoms with Crippen LogP contribution in [-0.4, -0.2) is 4.98 Å². The van der Waals surface area contributed by atoms with E-state index in [1.807, 2.05) is 30.3 Å². The van der Waals surface area contributed by atoms with Gasteiger partial charge in [0.1, 0.15) is 0 Å². The second kappa shape index (κ2) is 5.38. The Bertz CT molecular complexity index is 680. The molecule has 0 aliphatic rings. The smallest absolute Gasteiger partial charge is 0.0813 e. The number of ether oxygens (including phenoxy) is 1. The first-order valence-corrected chi connectivity index (χ1v) is 6.95. The molecule has 3 rings (SSSR count). The molecule has 0 unspecified atom stereocenters. The summed E-state index contributed by atoms with van der Waals surface area (Å²) in [6.45, 7) is 1.18. The largest absolute Gasteiger partial charge is 0.398 e. The molecule has 0 saturated carbocycles. The van der Waals surface area contributed by atoms with Crippen LogP contribution in [0.5, 0.6) is 0 Å². The van der Waals surface area contributed by atoms with Crippen molar-refractivity contribution in [2.45, 2.75) is 13.2 Å². The molecule has 3 nitrogen and oxygen atoms in total. The van der Waals surface area contributed by atoms with Gasteiger partial charge in [-0.1, -0.05) is 12.1 Å². The van der Waals surface area contributed by atoms with Crippen LogP contribution in [0.2, 0.25) is 0 Å². The molecular formula is C15H14N2OS. The zero-order valence-electron chi connectivity index (χ0n) is 10.4. The van der Waals surface area contributed by atoms with Crippen molar-refractivity contribution in [3.63, 3.8) is 0 Å². The van der Waals surface area contributed by atoms with Gasteiger partial charge in [0.05, 0.1) is 18.7 Å². The number of anilines is 1. The lowest BCUT2D eigenvalue weighted by molar-refractivity contribution is 0.110. The van der Waals surface area contributed by atoms with E-state index in [4.69, 9.17) is 10.5 Å². The number of pyridine rings is 1. The number of nitrogens with zero attached hydrogens (tertiary/aromatic N) is 1. The lowest BCUT2D eigenvalue weighted by Gasteiger charge is -2.08. The van der Waals surface area contributed by atoms with E-state index in [0.29, 0.717) is 13.2 Å². The molecule has 96 valence electrons. The van der Waals surface area contributed by atoms with E-state index in [1.165, 1.54) is 4.88 Å². The molecule has 0 spiro atoms. The highest BCUT2D eigenvalue weighted by Crippen LogP contribution is 2.23. The van der Waals surface area contributed by atoms with E-state index in [2.05, 4.69) is 16.4 Å². The van der Waals surface area contributed by atoms with Crippen molar-refractivity contribution in [2.24, 2.45) is 0 Å². The minimum absolute atomic E-state index is 0.547. The summed E-state index contributed by atoms with van der Waals surface area (Å²) in [6, 6.07) is 11.9. The van der Waals surface area contributed by atoms with Gasteiger partial charge in [0.25, 0.3) is 0 Å². The summed E-state index contributed by atoms with van der Waals surface area (Å²) >= 11 is 1.70. The minimum atomic E-state index is 0.547. The molecule has 0 radical (unpaired) electrons. The normalized spacial score (nSPS) is 10.9. The molecule has 19 heavy (non-hydrogen) atoms. The van der Waals surface area contributed by atoms with Crippen LogP contribution < -0.4 is 5.73 Å². The highest BCUT2D eigenvalue weighted by atomic mass is 32.1. The van der Waals surface area contributed by atoms with E-state index in [1.54, 1.807) is 17.5 Å². The molecule has 0 aliphatic heterocycles. The van der Waals surface area contributed by atoms with Crippen LogP contribution in [0.3, 0.4) is 0 Å². The van der Waals surface area contributed by atoms with Crippen molar-refractivity contribution in [2.75, 3.05) is 5.73 Å². The van der Waals surface area contributed by atoms with Gasteiger partial charge in [-0.05, 0) is 29.6 Å². The lowest BCUT2D eigenvalue weighted by atomic mass is 10.1. The molecule has 0 bridgehead atoms. The van der Waals surface area contributed by atoms with Gasteiger partial charge in [-0.15, -0.1) is 11.3 Å². The number of nitrogen functional groups attached to an aromatic ring is 1. The number of hydrogen-bond donors (Lipinski definition) is 1. The van der Waals surface area contributed by atoms with Crippen molar-refractivity contribution in [3.05, 3.63) is 58.4 Å². The Morgan fingerprint density at radius 2 is 2.05 bits per heavy atom. The summed E-state index contributed by atoms with van der Waals surface area (Å²) in [7, 11) is 0. The maximum absolute atomic E-state index is 5.95. The zero-order valence-corrected chi connectivity index (χ0v) is 11.2. The molecule has 0 amide bonds. The summed E-state index contributed by atoms with van der Waals surface area (Å²) < 4.78 is 5.74. The average Bonchev–Trinajstić information content (AvgIpc) is 2.95. The number of fused-ring (bicyclic) bond motifs is 1. The molecule has 0 fully saturated rings. The van der Waals surface area contributed by atoms with E-state index >= 15 is 0 Å². The monoisotopic (exact) mass is 270 g/mol. The van der Waals surface area contributed by atoms with Gasteiger partial charge in [-0.3, -0.25) is 4.98 Å². The summed E-state index contributed by atoms with van der Waals surface area (Å²) in [6.07, 6.45) is 1.78. The fraction of sp³-hybridized carbons (Fsp3) is 0.133. The van der Waals surface area contributed by atoms with Crippen LogP contribution in [0.4, 0.5) is 5.69 Å². The fourth-order valence-corrected chi connectivity index (χ4v) is 2.67. The maximum atomic E-state index is 5.95. The molecule has 2 aromatic heterocycles. The van der Waals surface area contributed by atoms with Gasteiger partial charge >= 0.3 is 0 Å². The maximum Gasteiger partial charge on any atom is 0.0813 e. The number of hydrogen-bond acceptors (Lipinski definition) is 4. The predicted octanol–water partition coefficient (Wildman–Crippen LogP) is 3.60. The van der Waals surface area contributed by atoms with Gasteiger partial charge in [0.2, 0.25) is 0 Å². The Kier molecular flexibility index (Phi) is 3.44. The molecule has 3 aromatic rings. The van der Waals surface area contributed by atoms with Gasteiger partial charge < -0.3 is 10.5 Å². The van der Waals surface area contributed by atoms with Gasteiger partial charge in [-0.2, -0.15) is 0 Å². The Morgan fingerprint density at radius 3 is 2.89 bits per heavy atom. The minimum Gasteiger partial charge on any atom is -0.398 e. The number of thiophene rings is 1. The molecule has 1 aromatic carbocycles. The van der Waals surface area contributed by atoms with Crippen LogP contribution in [0, 0.1) is 0 Å². The molecule has 0 atom stereocenters. The second-order valence-electron chi connectivity index (χ2n) is 4.29. The summed E-state index contributed by atoms with van der Waals surface area (Å²) in [4.78, 5) is 5.63. The van der Waals surface area contributed by atoms with Gasteiger partial charge in [0.15, 0.2) is 0 Å². The van der Waals surface area contributed by atoms with Crippen molar-refractivity contribution in [1.29, 1.82) is 0 Å². The van der Waals surface area contributed by atoms with E-state index < -0.39 is 0 Å². The number of benzene rings is 1. The van der Waals surface area contributed by atoms with Crippen LogP contribution in [0.25, 0.3) is 10.9 Å². The molecule has 0 aliphatic carbocycles. The Hall–Kier alpha value is -1.91. The molecule has 4 heteroatoms. The third-order valence-corrected chi connectivity index (χ3v) is 3.82. The molecule has 2 heterocycles. The molecule has 0 saturated heterocycles. The molecule has 2 N–H and O–H groups in total. The number of aromatic nitrogens is 1. The van der Waals surface area contributed by atoms with Crippen molar-refractivity contribution in [1.82, 2.24) is 4.98 Å². The third kappa shape index (κ3) is 2.59. The fourth-order valence-electron chi connectivity index (χ4n) is 2.03. The molecular weight excluding hydrogens is 256 g/mol. The topological polar surface area (TPSA) is 48.1 Å². The van der Waals surface area contributed by atoms with Crippen molar-refractivity contribution >= 4 is 27.9 Å². The average molecular weight is 270 g/mol. The quantitative estimate of drug-likeness (QED) is 0.737. The van der Waals surface area contributed by atoms with Crippen LogP contribution in [0.1, 0.15) is 10.4 Å². The SMILES string of the molecule is Nc1ccc(COCc2cccs2)c2ncccc12. The van der Waals surface area contributed by atoms with E-state index in [0.717, 1.165) is 22.2 Å². The van der Waals surface area contributed by atoms with Crippen molar-refractivity contribution < 1.29 is 4.74 Å². The highest BCUT2D eigenvalue weighted by Gasteiger charge is 2.05. The highest BCUT2D eigenvalue weighted by molar-refractivity contribution is 7.09. The van der Waals surface area contributed by atoms with Gasteiger partial charge in [0, 0.05) is 27.7 Å². The Labute approximate surface area is 115 Å².